The molecule has 122 valence electrons. The van der Waals surface area contributed by atoms with Crippen molar-refractivity contribution in [3.8, 4) is 5.75 Å². The van der Waals surface area contributed by atoms with Crippen LogP contribution < -0.4 is 16.0 Å². The van der Waals surface area contributed by atoms with E-state index >= 15 is 0 Å². The monoisotopic (exact) mass is 382 g/mol. The van der Waals surface area contributed by atoms with E-state index in [2.05, 4.69) is 20.7 Å². The van der Waals surface area contributed by atoms with Gasteiger partial charge in [0.15, 0.2) is 0 Å². The van der Waals surface area contributed by atoms with Gasteiger partial charge in [-0.1, -0.05) is 0 Å². The van der Waals surface area contributed by atoms with Crippen molar-refractivity contribution in [3.05, 3.63) is 60.8 Å². The van der Waals surface area contributed by atoms with E-state index in [0.29, 0.717) is 16.9 Å². The van der Waals surface area contributed by atoms with Crippen molar-refractivity contribution in [1.82, 2.24) is 9.13 Å². The molecule has 0 saturated heterocycles. The molecule has 2 aromatic rings. The van der Waals surface area contributed by atoms with Crippen molar-refractivity contribution in [2.45, 2.75) is 6.54 Å². The lowest BCUT2D eigenvalue weighted by molar-refractivity contribution is 0.0600. The van der Waals surface area contributed by atoms with Gasteiger partial charge in [0.1, 0.15) is 5.75 Å². The van der Waals surface area contributed by atoms with E-state index in [4.69, 9.17) is 4.74 Å². The number of aromatic nitrogens is 2. The van der Waals surface area contributed by atoms with Crippen LogP contribution in [0.3, 0.4) is 0 Å². The van der Waals surface area contributed by atoms with Gasteiger partial charge in [0.2, 0.25) is 0 Å². The van der Waals surface area contributed by atoms with Gasteiger partial charge in [-0.05, 0) is 34.1 Å². The van der Waals surface area contributed by atoms with Crippen LogP contribution in [0.1, 0.15) is 15.9 Å². The number of benzene rings is 1. The number of methoxy groups -OCH3 is 2. The Kier molecular flexibility index (Phi) is 5.05. The largest absolute Gasteiger partial charge is 0.496 e. The van der Waals surface area contributed by atoms with Crippen LogP contribution in [0.5, 0.6) is 5.75 Å². The number of ether oxygens (including phenoxy) is 2. The summed E-state index contributed by atoms with van der Waals surface area (Å²) in [7, 11) is 4.30. The molecule has 8 heteroatoms. The fraction of sp³-hybridized carbons (Fsp3) is 0.267. The Hall–Kier alpha value is -2.35. The van der Waals surface area contributed by atoms with Crippen molar-refractivity contribution in [1.29, 1.82) is 0 Å². The third kappa shape index (κ3) is 3.37. The normalized spacial score (nSPS) is 10.4. The maximum Gasteiger partial charge on any atom is 0.337 e. The molecule has 0 bridgehead atoms. The van der Waals surface area contributed by atoms with Crippen LogP contribution >= 0.6 is 15.9 Å². The van der Waals surface area contributed by atoms with Crippen LogP contribution in [0.4, 0.5) is 0 Å². The van der Waals surface area contributed by atoms with Crippen LogP contribution in [-0.2, 0) is 18.3 Å². The molecule has 0 spiro atoms. The Labute approximate surface area is 140 Å². The second-order valence-electron chi connectivity index (χ2n) is 4.78. The number of nitrogens with zero attached hydrogens (tertiary/aromatic N) is 2. The Morgan fingerprint density at radius 2 is 1.96 bits per heavy atom. The summed E-state index contributed by atoms with van der Waals surface area (Å²) in [6.45, 7) is -0.0288. The van der Waals surface area contributed by atoms with Crippen molar-refractivity contribution in [3.63, 3.8) is 0 Å². The summed E-state index contributed by atoms with van der Waals surface area (Å²) in [6.07, 6.45) is 1.41. The second-order valence-corrected chi connectivity index (χ2v) is 5.63. The number of esters is 1. The molecule has 0 aliphatic rings. The molecule has 1 aromatic carbocycles. The highest BCUT2D eigenvalue weighted by Gasteiger charge is 2.14. The van der Waals surface area contributed by atoms with Gasteiger partial charge in [-0.2, -0.15) is 0 Å². The molecule has 0 unspecified atom stereocenters. The minimum Gasteiger partial charge on any atom is -0.496 e. The summed E-state index contributed by atoms with van der Waals surface area (Å²) >= 11 is 3.13. The molecule has 0 atom stereocenters. The number of rotatable bonds is 4. The van der Waals surface area contributed by atoms with E-state index in [-0.39, 0.29) is 11.0 Å². The maximum atomic E-state index is 12.2. The van der Waals surface area contributed by atoms with Gasteiger partial charge in [-0.3, -0.25) is 9.36 Å². The first-order chi connectivity index (χ1) is 10.9. The number of halogens is 1. The molecule has 0 N–H and O–H groups in total. The summed E-state index contributed by atoms with van der Waals surface area (Å²) in [6, 6.07) is 4.68. The highest BCUT2D eigenvalue weighted by atomic mass is 79.9. The molecule has 7 nitrogen and oxygen atoms in total. The van der Waals surface area contributed by atoms with Crippen LogP contribution in [0, 0.1) is 0 Å². The number of carbonyl (C=O) groups is 1. The minimum absolute atomic E-state index is 0.0288. The lowest BCUT2D eigenvalue weighted by Gasteiger charge is -2.12. The lowest BCUT2D eigenvalue weighted by atomic mass is 10.1. The quantitative estimate of drug-likeness (QED) is 0.741. The van der Waals surface area contributed by atoms with Crippen LogP contribution in [0.15, 0.2) is 38.5 Å². The molecule has 0 fully saturated rings. The minimum atomic E-state index is -0.511. The molecule has 0 amide bonds. The second kappa shape index (κ2) is 6.82. The first-order valence-corrected chi connectivity index (χ1v) is 7.39. The van der Waals surface area contributed by atoms with E-state index in [1.165, 1.54) is 31.0 Å². The first-order valence-electron chi connectivity index (χ1n) is 6.60. The molecule has 2 rings (SSSR count). The van der Waals surface area contributed by atoms with Gasteiger partial charge in [-0.25, -0.2) is 9.59 Å². The fourth-order valence-electron chi connectivity index (χ4n) is 2.14. The van der Waals surface area contributed by atoms with Gasteiger partial charge in [0.05, 0.1) is 30.8 Å². The fourth-order valence-corrected chi connectivity index (χ4v) is 2.66. The van der Waals surface area contributed by atoms with Gasteiger partial charge in [0.25, 0.3) is 5.56 Å². The Morgan fingerprint density at radius 1 is 1.26 bits per heavy atom. The Balaban J connectivity index is 2.58. The third-order valence-electron chi connectivity index (χ3n) is 3.32. The number of aryl methyl sites for hydroxylation is 1. The highest BCUT2D eigenvalue weighted by Crippen LogP contribution is 2.21. The van der Waals surface area contributed by atoms with Crippen molar-refractivity contribution < 1.29 is 14.3 Å². The van der Waals surface area contributed by atoms with Gasteiger partial charge >= 0.3 is 11.7 Å². The van der Waals surface area contributed by atoms with Gasteiger partial charge < -0.3 is 14.0 Å². The zero-order valence-electron chi connectivity index (χ0n) is 12.8. The molecule has 0 aliphatic carbocycles. The number of hydrogen-bond donors (Lipinski definition) is 0. The van der Waals surface area contributed by atoms with E-state index in [9.17, 15) is 14.4 Å². The molecule has 23 heavy (non-hydrogen) atoms. The third-order valence-corrected chi connectivity index (χ3v) is 3.86. The van der Waals surface area contributed by atoms with Gasteiger partial charge in [-0.15, -0.1) is 0 Å². The molecule has 1 heterocycles. The number of carbonyl (C=O) groups excluding carboxylic acids is 1. The Bertz CT molecular complexity index is 835. The average Bonchev–Trinajstić information content (AvgIpc) is 2.56. The van der Waals surface area contributed by atoms with Gasteiger partial charge in [0, 0.05) is 18.8 Å². The SMILES string of the molecule is COC(=O)c1ccc(OC)c(Cn2c(=O)c(Br)cn(C)c2=O)c1. The lowest BCUT2D eigenvalue weighted by Crippen LogP contribution is -2.39. The molecule has 0 saturated carbocycles. The van der Waals surface area contributed by atoms with Crippen molar-refractivity contribution in [2.75, 3.05) is 14.2 Å². The van der Waals surface area contributed by atoms with E-state index in [1.807, 2.05) is 0 Å². The van der Waals surface area contributed by atoms with Crippen LogP contribution in [-0.4, -0.2) is 29.3 Å². The summed E-state index contributed by atoms with van der Waals surface area (Å²) in [4.78, 5) is 36.0. The first kappa shape index (κ1) is 17.0. The standard InChI is InChI=1S/C15H15BrN2O5/c1-17-8-11(16)13(19)18(15(17)21)7-10-6-9(14(20)23-3)4-5-12(10)22-2/h4-6,8H,7H2,1-3H3. The molecular weight excluding hydrogens is 368 g/mol. The van der Waals surface area contributed by atoms with Crippen molar-refractivity contribution >= 4 is 21.9 Å². The summed E-state index contributed by atoms with van der Waals surface area (Å²) in [5, 5.41) is 0. The van der Waals surface area contributed by atoms with E-state index < -0.39 is 17.2 Å². The average molecular weight is 383 g/mol. The predicted octanol–water partition coefficient (Wildman–Crippen LogP) is 1.15. The summed E-state index contributed by atoms with van der Waals surface area (Å²) in [5.74, 6) is -0.0463. The van der Waals surface area contributed by atoms with Crippen LogP contribution in [0.2, 0.25) is 0 Å². The molecular formula is C15H15BrN2O5. The highest BCUT2D eigenvalue weighted by molar-refractivity contribution is 9.10. The zero-order valence-corrected chi connectivity index (χ0v) is 14.4. The topological polar surface area (TPSA) is 79.5 Å². The summed E-state index contributed by atoms with van der Waals surface area (Å²) in [5.41, 5.74) is -0.0989. The Morgan fingerprint density at radius 3 is 2.57 bits per heavy atom. The molecule has 0 radical (unpaired) electrons. The zero-order chi connectivity index (χ0) is 17.1. The molecule has 1 aromatic heterocycles. The summed E-state index contributed by atoms with van der Waals surface area (Å²) < 4.78 is 12.5. The maximum absolute atomic E-state index is 12.2. The van der Waals surface area contributed by atoms with E-state index in [0.717, 1.165) is 4.57 Å². The van der Waals surface area contributed by atoms with E-state index in [1.54, 1.807) is 19.2 Å². The smallest absolute Gasteiger partial charge is 0.337 e. The van der Waals surface area contributed by atoms with Crippen molar-refractivity contribution in [2.24, 2.45) is 7.05 Å². The van der Waals surface area contributed by atoms with Crippen LogP contribution in [0.25, 0.3) is 0 Å². The predicted molar refractivity (Wildman–Crippen MR) is 87.1 cm³/mol. The molecule has 0 aliphatic heterocycles. The number of hydrogen-bond acceptors (Lipinski definition) is 5.